The van der Waals surface area contributed by atoms with E-state index in [1.54, 1.807) is 60.1 Å². The number of rotatable bonds is 6. The van der Waals surface area contributed by atoms with Crippen molar-refractivity contribution in [2.45, 2.75) is 4.90 Å². The fraction of sp³-hybridized carbons (Fsp3) is 0.0370. The van der Waals surface area contributed by atoms with Crippen molar-refractivity contribution in [3.05, 3.63) is 95.8 Å². The molecular formula is C27H19N5O5S. The highest BCUT2D eigenvalue weighted by Gasteiger charge is 2.21. The zero-order chi connectivity index (χ0) is 27.0. The lowest BCUT2D eigenvalue weighted by Gasteiger charge is -2.11. The van der Waals surface area contributed by atoms with E-state index in [2.05, 4.69) is 15.0 Å². The normalized spacial score (nSPS) is 11.3. The van der Waals surface area contributed by atoms with Gasteiger partial charge in [-0.3, -0.25) is 14.5 Å². The molecule has 2 aromatic heterocycles. The van der Waals surface area contributed by atoms with E-state index in [1.807, 2.05) is 6.07 Å². The first-order valence-electron chi connectivity index (χ1n) is 11.2. The Hall–Kier alpha value is -5.21. The lowest BCUT2D eigenvalue weighted by atomic mass is 10.1. The van der Waals surface area contributed by atoms with E-state index in [4.69, 9.17) is 5.26 Å². The number of aryl methyl sites for hydroxylation is 1. The molecule has 0 spiro atoms. The summed E-state index contributed by atoms with van der Waals surface area (Å²) in [7, 11) is -2.33. The zero-order valence-electron chi connectivity index (χ0n) is 19.8. The van der Waals surface area contributed by atoms with Crippen molar-refractivity contribution >= 4 is 55.1 Å². The van der Waals surface area contributed by atoms with Crippen LogP contribution in [0.5, 0.6) is 0 Å². The molecule has 0 aliphatic rings. The number of hydrogen-bond acceptors (Lipinski definition) is 6. The second-order valence-corrected chi connectivity index (χ2v) is 10.1. The summed E-state index contributed by atoms with van der Waals surface area (Å²) in [5.41, 5.74) is 1.42. The average molecular weight is 526 g/mol. The van der Waals surface area contributed by atoms with Gasteiger partial charge in [-0.05, 0) is 48.5 Å². The van der Waals surface area contributed by atoms with E-state index in [9.17, 15) is 23.1 Å². The lowest BCUT2D eigenvalue weighted by Crippen LogP contribution is -2.17. The highest BCUT2D eigenvalue weighted by molar-refractivity contribution is 7.93. The molecule has 3 aromatic carbocycles. The molecule has 0 bridgehead atoms. The van der Waals surface area contributed by atoms with Crippen LogP contribution in [0, 0.1) is 11.3 Å². The maximum atomic E-state index is 13.2. The Balaban J connectivity index is 1.46. The summed E-state index contributed by atoms with van der Waals surface area (Å²) < 4.78 is 30.5. The number of fused-ring (bicyclic) bond motifs is 2. The Morgan fingerprint density at radius 1 is 1.00 bits per heavy atom. The molecular weight excluding hydrogens is 506 g/mol. The SMILES string of the molecule is Cn1c(C(=O)Nc2ccc(C#N)cc2C(=O)O)cc2ccc(NS(=O)(=O)c3cccc4cccnc34)cc21. The molecule has 1 amide bonds. The van der Waals surface area contributed by atoms with Gasteiger partial charge in [0.25, 0.3) is 15.9 Å². The van der Waals surface area contributed by atoms with Gasteiger partial charge in [-0.1, -0.05) is 24.3 Å². The third kappa shape index (κ3) is 4.40. The van der Waals surface area contributed by atoms with Crippen LogP contribution in [0.2, 0.25) is 0 Å². The molecule has 2 heterocycles. The van der Waals surface area contributed by atoms with Crippen LogP contribution in [-0.2, 0) is 17.1 Å². The second-order valence-electron chi connectivity index (χ2n) is 8.43. The summed E-state index contributed by atoms with van der Waals surface area (Å²) in [4.78, 5) is 28.9. The number of benzene rings is 3. The molecule has 0 unspecified atom stereocenters. The summed E-state index contributed by atoms with van der Waals surface area (Å²) in [6, 6.07) is 20.7. The van der Waals surface area contributed by atoms with Crippen LogP contribution in [0.15, 0.2) is 83.9 Å². The molecule has 188 valence electrons. The van der Waals surface area contributed by atoms with Crippen molar-refractivity contribution in [2.75, 3.05) is 10.0 Å². The average Bonchev–Trinajstić information content (AvgIpc) is 3.24. The number of nitrogens with one attached hydrogen (secondary N) is 2. The molecule has 0 radical (unpaired) electrons. The molecule has 0 atom stereocenters. The van der Waals surface area contributed by atoms with Crippen molar-refractivity contribution in [1.82, 2.24) is 9.55 Å². The topological polar surface area (TPSA) is 154 Å². The van der Waals surface area contributed by atoms with E-state index in [1.165, 1.54) is 30.5 Å². The van der Waals surface area contributed by atoms with Crippen LogP contribution in [0.25, 0.3) is 21.8 Å². The van der Waals surface area contributed by atoms with Gasteiger partial charge in [0.2, 0.25) is 0 Å². The molecule has 11 heteroatoms. The van der Waals surface area contributed by atoms with Crippen molar-refractivity contribution < 1.29 is 23.1 Å². The van der Waals surface area contributed by atoms with Crippen LogP contribution in [-0.4, -0.2) is 35.0 Å². The molecule has 5 rings (SSSR count). The zero-order valence-corrected chi connectivity index (χ0v) is 20.7. The van der Waals surface area contributed by atoms with E-state index < -0.39 is 21.9 Å². The number of carbonyl (C=O) groups excluding carboxylic acids is 1. The minimum absolute atomic E-state index is 0.0410. The van der Waals surface area contributed by atoms with Gasteiger partial charge in [0.05, 0.1) is 39.6 Å². The number of carbonyl (C=O) groups is 2. The molecule has 10 nitrogen and oxygen atoms in total. The summed E-state index contributed by atoms with van der Waals surface area (Å²) in [6.07, 6.45) is 1.53. The van der Waals surface area contributed by atoms with Crippen LogP contribution in [0.3, 0.4) is 0 Å². The number of amides is 1. The van der Waals surface area contributed by atoms with Crippen LogP contribution >= 0.6 is 0 Å². The first kappa shape index (κ1) is 24.5. The first-order chi connectivity index (χ1) is 18.2. The third-order valence-electron chi connectivity index (χ3n) is 6.04. The molecule has 0 aliphatic carbocycles. The minimum Gasteiger partial charge on any atom is -0.478 e. The number of hydrogen-bond donors (Lipinski definition) is 3. The van der Waals surface area contributed by atoms with Gasteiger partial charge in [0, 0.05) is 24.0 Å². The number of aromatic carboxylic acids is 1. The van der Waals surface area contributed by atoms with Gasteiger partial charge < -0.3 is 15.0 Å². The van der Waals surface area contributed by atoms with E-state index in [0.29, 0.717) is 27.5 Å². The van der Waals surface area contributed by atoms with Gasteiger partial charge in [-0.25, -0.2) is 13.2 Å². The molecule has 0 fully saturated rings. The molecule has 3 N–H and O–H groups in total. The standard InChI is InChI=1S/C27H19N5O5S/c1-32-22-14-19(31-38(36,37)24-6-2-4-17-5-3-11-29-25(17)24)9-8-18(22)13-23(32)26(33)30-21-10-7-16(15-28)12-20(21)27(34)35/h2-14,31H,1H3,(H,30,33)(H,34,35). The predicted octanol–water partition coefficient (Wildman–Crippen LogP) is 4.35. The largest absolute Gasteiger partial charge is 0.478 e. The molecule has 0 aliphatic heterocycles. The van der Waals surface area contributed by atoms with Crippen LogP contribution in [0.1, 0.15) is 26.4 Å². The number of para-hydroxylation sites is 1. The van der Waals surface area contributed by atoms with E-state index >= 15 is 0 Å². The van der Waals surface area contributed by atoms with Crippen molar-refractivity contribution in [3.63, 3.8) is 0 Å². The summed E-state index contributed by atoms with van der Waals surface area (Å²) >= 11 is 0. The highest BCUT2D eigenvalue weighted by atomic mass is 32.2. The number of carboxylic acids is 1. The number of pyridine rings is 1. The van der Waals surface area contributed by atoms with Gasteiger partial charge in [-0.2, -0.15) is 5.26 Å². The van der Waals surface area contributed by atoms with Gasteiger partial charge >= 0.3 is 5.97 Å². The Morgan fingerprint density at radius 2 is 1.79 bits per heavy atom. The Morgan fingerprint density at radius 3 is 2.55 bits per heavy atom. The van der Waals surface area contributed by atoms with Crippen LogP contribution in [0.4, 0.5) is 11.4 Å². The molecule has 0 saturated carbocycles. The third-order valence-corrected chi connectivity index (χ3v) is 7.46. The number of nitriles is 1. The van der Waals surface area contributed by atoms with E-state index in [-0.39, 0.29) is 27.4 Å². The molecule has 38 heavy (non-hydrogen) atoms. The number of nitrogens with zero attached hydrogens (tertiary/aromatic N) is 3. The first-order valence-corrected chi connectivity index (χ1v) is 12.7. The van der Waals surface area contributed by atoms with E-state index in [0.717, 1.165) is 0 Å². The maximum absolute atomic E-state index is 13.2. The smallest absolute Gasteiger partial charge is 0.337 e. The second kappa shape index (κ2) is 9.34. The van der Waals surface area contributed by atoms with Crippen molar-refractivity contribution in [3.8, 4) is 6.07 Å². The van der Waals surface area contributed by atoms with Gasteiger partial charge in [-0.15, -0.1) is 0 Å². The quantitative estimate of drug-likeness (QED) is 0.298. The summed E-state index contributed by atoms with van der Waals surface area (Å²) in [5, 5.41) is 22.5. The van der Waals surface area contributed by atoms with Crippen molar-refractivity contribution in [1.29, 1.82) is 5.26 Å². The number of anilines is 2. The maximum Gasteiger partial charge on any atom is 0.337 e. The Kier molecular flexibility index (Phi) is 6.02. The fourth-order valence-electron chi connectivity index (χ4n) is 4.20. The molecule has 5 aromatic rings. The summed E-state index contributed by atoms with van der Waals surface area (Å²) in [5.74, 6) is -1.85. The number of aromatic nitrogens is 2. The lowest BCUT2D eigenvalue weighted by molar-refractivity contribution is 0.0698. The predicted molar refractivity (Wildman–Crippen MR) is 142 cm³/mol. The highest BCUT2D eigenvalue weighted by Crippen LogP contribution is 2.27. The van der Waals surface area contributed by atoms with Crippen molar-refractivity contribution in [2.24, 2.45) is 7.05 Å². The summed E-state index contributed by atoms with van der Waals surface area (Å²) in [6.45, 7) is 0. The monoisotopic (exact) mass is 525 g/mol. The number of sulfonamides is 1. The fourth-order valence-corrected chi connectivity index (χ4v) is 5.43. The molecule has 0 saturated heterocycles. The Labute approximate surface area is 216 Å². The number of carboxylic acid groups (broad SMARTS) is 1. The van der Waals surface area contributed by atoms with Crippen LogP contribution < -0.4 is 10.0 Å². The Bertz CT molecular complexity index is 1920. The van der Waals surface area contributed by atoms with Gasteiger partial charge in [0.1, 0.15) is 10.6 Å². The van der Waals surface area contributed by atoms with Gasteiger partial charge in [0.15, 0.2) is 0 Å². The minimum atomic E-state index is -3.97.